The number of aromatic nitrogens is 1. The van der Waals surface area contributed by atoms with Crippen LogP contribution in [0.4, 0.5) is 5.69 Å². The Hall–Kier alpha value is -2.88. The zero-order valence-corrected chi connectivity index (χ0v) is 12.2. The van der Waals surface area contributed by atoms with Gasteiger partial charge in [0.05, 0.1) is 6.61 Å². The van der Waals surface area contributed by atoms with Gasteiger partial charge in [-0.15, -0.1) is 0 Å². The van der Waals surface area contributed by atoms with Gasteiger partial charge in [-0.25, -0.2) is 0 Å². The van der Waals surface area contributed by atoms with Gasteiger partial charge >= 0.3 is 0 Å². The number of carbonyl (C=O) groups is 1. The van der Waals surface area contributed by atoms with Crippen LogP contribution in [0.15, 0.2) is 60.8 Å². The van der Waals surface area contributed by atoms with Crippen molar-refractivity contribution in [1.82, 2.24) is 4.98 Å². The molecule has 1 N–H and O–H groups in total. The number of carbonyl (C=O) groups excluding carboxylic acids is 1. The zero-order valence-electron chi connectivity index (χ0n) is 12.2. The van der Waals surface area contributed by atoms with E-state index in [4.69, 9.17) is 4.74 Å². The van der Waals surface area contributed by atoms with Crippen LogP contribution in [-0.2, 0) is 0 Å². The molecule has 0 aliphatic carbocycles. The molecule has 1 amide bonds. The van der Waals surface area contributed by atoms with Crippen LogP contribution in [0.25, 0.3) is 10.8 Å². The maximum absolute atomic E-state index is 12.4. The average molecular weight is 292 g/mol. The maximum atomic E-state index is 12.4. The fraction of sp³-hybridized carbons (Fsp3) is 0.111. The molecule has 0 aliphatic heterocycles. The Balaban J connectivity index is 1.84. The molecule has 0 bridgehead atoms. The van der Waals surface area contributed by atoms with Gasteiger partial charge in [0.25, 0.3) is 5.91 Å². The molecule has 0 unspecified atom stereocenters. The lowest BCUT2D eigenvalue weighted by molar-refractivity contribution is 0.102. The third-order valence-corrected chi connectivity index (χ3v) is 3.31. The first-order chi connectivity index (χ1) is 10.8. The highest BCUT2D eigenvalue weighted by atomic mass is 16.5. The lowest BCUT2D eigenvalue weighted by Gasteiger charge is -2.08. The van der Waals surface area contributed by atoms with E-state index >= 15 is 0 Å². The largest absolute Gasteiger partial charge is 0.494 e. The van der Waals surface area contributed by atoms with Crippen LogP contribution >= 0.6 is 0 Å². The molecule has 0 fully saturated rings. The maximum Gasteiger partial charge on any atom is 0.274 e. The van der Waals surface area contributed by atoms with Crippen molar-refractivity contribution in [2.75, 3.05) is 11.9 Å². The van der Waals surface area contributed by atoms with E-state index in [1.54, 1.807) is 6.20 Å². The Labute approximate surface area is 128 Å². The summed E-state index contributed by atoms with van der Waals surface area (Å²) in [6.07, 6.45) is 1.65. The summed E-state index contributed by atoms with van der Waals surface area (Å²) in [5, 5.41) is 4.70. The highest BCUT2D eigenvalue weighted by Gasteiger charge is 2.11. The van der Waals surface area contributed by atoms with E-state index in [2.05, 4.69) is 10.3 Å². The number of pyridine rings is 1. The molecule has 0 aliphatic rings. The molecule has 0 saturated heterocycles. The average Bonchev–Trinajstić information content (AvgIpc) is 2.56. The summed E-state index contributed by atoms with van der Waals surface area (Å²) in [6.45, 7) is 2.55. The standard InChI is InChI=1S/C18H16N2O2/c1-2-22-15-9-7-14(8-10-15)20-18(21)17-16-6-4-3-5-13(16)11-12-19-17/h3-12H,2H2,1H3,(H,20,21). The summed E-state index contributed by atoms with van der Waals surface area (Å²) < 4.78 is 5.38. The quantitative estimate of drug-likeness (QED) is 0.793. The van der Waals surface area contributed by atoms with Gasteiger partial charge in [-0.2, -0.15) is 0 Å². The van der Waals surface area contributed by atoms with Crippen molar-refractivity contribution in [3.8, 4) is 5.75 Å². The Kier molecular flexibility index (Phi) is 4.01. The molecule has 22 heavy (non-hydrogen) atoms. The monoisotopic (exact) mass is 292 g/mol. The number of nitrogens with zero attached hydrogens (tertiary/aromatic N) is 1. The van der Waals surface area contributed by atoms with E-state index in [1.165, 1.54) is 0 Å². The van der Waals surface area contributed by atoms with Crippen LogP contribution < -0.4 is 10.1 Å². The molecule has 1 heterocycles. The SMILES string of the molecule is CCOc1ccc(NC(=O)c2nccc3ccccc23)cc1. The van der Waals surface area contributed by atoms with Gasteiger partial charge in [0.2, 0.25) is 0 Å². The van der Waals surface area contributed by atoms with Crippen molar-refractivity contribution < 1.29 is 9.53 Å². The third kappa shape index (κ3) is 2.91. The molecule has 1 aromatic heterocycles. The van der Waals surface area contributed by atoms with Gasteiger partial charge in [-0.05, 0) is 42.6 Å². The summed E-state index contributed by atoms with van der Waals surface area (Å²) in [7, 11) is 0. The predicted molar refractivity (Wildman–Crippen MR) is 87.3 cm³/mol. The number of rotatable bonds is 4. The van der Waals surface area contributed by atoms with Gasteiger partial charge in [0.15, 0.2) is 0 Å². The minimum Gasteiger partial charge on any atom is -0.494 e. The lowest BCUT2D eigenvalue weighted by atomic mass is 10.1. The highest BCUT2D eigenvalue weighted by Crippen LogP contribution is 2.19. The Morgan fingerprint density at radius 1 is 1.09 bits per heavy atom. The summed E-state index contributed by atoms with van der Waals surface area (Å²) in [4.78, 5) is 16.6. The summed E-state index contributed by atoms with van der Waals surface area (Å²) in [6, 6.07) is 16.9. The van der Waals surface area contributed by atoms with Crippen molar-refractivity contribution in [2.45, 2.75) is 6.92 Å². The molecule has 2 aromatic carbocycles. The van der Waals surface area contributed by atoms with Gasteiger partial charge in [0, 0.05) is 17.3 Å². The number of amides is 1. The fourth-order valence-electron chi connectivity index (χ4n) is 2.29. The number of fused-ring (bicyclic) bond motifs is 1. The second-order valence-corrected chi connectivity index (χ2v) is 4.79. The third-order valence-electron chi connectivity index (χ3n) is 3.31. The van der Waals surface area contributed by atoms with Crippen molar-refractivity contribution in [2.24, 2.45) is 0 Å². The van der Waals surface area contributed by atoms with Gasteiger partial charge < -0.3 is 10.1 Å². The molecule has 4 heteroatoms. The minimum absolute atomic E-state index is 0.221. The van der Waals surface area contributed by atoms with Crippen molar-refractivity contribution in [1.29, 1.82) is 0 Å². The summed E-state index contributed by atoms with van der Waals surface area (Å²) in [5.41, 5.74) is 1.13. The topological polar surface area (TPSA) is 51.2 Å². The van der Waals surface area contributed by atoms with E-state index in [0.717, 1.165) is 16.5 Å². The summed E-state index contributed by atoms with van der Waals surface area (Å²) >= 11 is 0. The first-order valence-electron chi connectivity index (χ1n) is 7.16. The van der Waals surface area contributed by atoms with Crippen LogP contribution in [-0.4, -0.2) is 17.5 Å². The first-order valence-corrected chi connectivity index (χ1v) is 7.16. The van der Waals surface area contributed by atoms with E-state index in [9.17, 15) is 4.79 Å². The van der Waals surface area contributed by atoms with Gasteiger partial charge in [-0.1, -0.05) is 24.3 Å². The molecular weight excluding hydrogens is 276 g/mol. The second kappa shape index (κ2) is 6.26. The fourth-order valence-corrected chi connectivity index (χ4v) is 2.29. The molecule has 3 aromatic rings. The van der Waals surface area contributed by atoms with Crippen molar-refractivity contribution in [3.05, 3.63) is 66.5 Å². The minimum atomic E-state index is -0.221. The first kappa shape index (κ1) is 14.1. The smallest absolute Gasteiger partial charge is 0.274 e. The van der Waals surface area contributed by atoms with Crippen molar-refractivity contribution in [3.63, 3.8) is 0 Å². The lowest BCUT2D eigenvalue weighted by Crippen LogP contribution is -2.14. The molecule has 0 atom stereocenters. The number of hydrogen-bond acceptors (Lipinski definition) is 3. The summed E-state index contributed by atoms with van der Waals surface area (Å²) in [5.74, 6) is 0.560. The van der Waals surface area contributed by atoms with Crippen LogP contribution in [0.2, 0.25) is 0 Å². The molecule has 110 valence electrons. The van der Waals surface area contributed by atoms with Crippen molar-refractivity contribution >= 4 is 22.4 Å². The van der Waals surface area contributed by atoms with E-state index < -0.39 is 0 Å². The number of anilines is 1. The van der Waals surface area contributed by atoms with Gasteiger partial charge in [-0.3, -0.25) is 9.78 Å². The molecule has 0 spiro atoms. The van der Waals surface area contributed by atoms with Crippen LogP contribution in [0.3, 0.4) is 0 Å². The zero-order chi connectivity index (χ0) is 15.4. The molecular formula is C18H16N2O2. The highest BCUT2D eigenvalue weighted by molar-refractivity contribution is 6.11. The Bertz CT molecular complexity index is 792. The van der Waals surface area contributed by atoms with E-state index in [1.807, 2.05) is 61.5 Å². The van der Waals surface area contributed by atoms with E-state index in [0.29, 0.717) is 18.0 Å². The van der Waals surface area contributed by atoms with Crippen LogP contribution in [0.1, 0.15) is 17.4 Å². The predicted octanol–water partition coefficient (Wildman–Crippen LogP) is 3.89. The number of hydrogen-bond donors (Lipinski definition) is 1. The Morgan fingerprint density at radius 2 is 1.86 bits per heavy atom. The molecule has 4 nitrogen and oxygen atoms in total. The molecule has 0 saturated carbocycles. The van der Waals surface area contributed by atoms with Gasteiger partial charge in [0.1, 0.15) is 11.4 Å². The van der Waals surface area contributed by atoms with Crippen LogP contribution in [0, 0.1) is 0 Å². The second-order valence-electron chi connectivity index (χ2n) is 4.79. The van der Waals surface area contributed by atoms with Crippen LogP contribution in [0.5, 0.6) is 5.75 Å². The molecule has 0 radical (unpaired) electrons. The Morgan fingerprint density at radius 3 is 2.64 bits per heavy atom. The number of ether oxygens (including phenoxy) is 1. The molecule has 3 rings (SSSR count). The number of nitrogens with one attached hydrogen (secondary N) is 1. The number of benzene rings is 2. The van der Waals surface area contributed by atoms with E-state index in [-0.39, 0.29) is 5.91 Å². The normalized spacial score (nSPS) is 10.4.